The van der Waals surface area contributed by atoms with Crippen LogP contribution in [0.3, 0.4) is 0 Å². The first-order valence-corrected chi connectivity index (χ1v) is 8.16. The van der Waals surface area contributed by atoms with Crippen molar-refractivity contribution >= 4 is 22.9 Å². The molecule has 0 aromatic rings. The van der Waals surface area contributed by atoms with E-state index in [1.54, 1.807) is 0 Å². The van der Waals surface area contributed by atoms with Crippen LogP contribution in [0.4, 0.5) is 0 Å². The molecule has 1 unspecified atom stereocenters. The van der Waals surface area contributed by atoms with E-state index in [9.17, 15) is 0 Å². The lowest BCUT2D eigenvalue weighted by atomic mass is 10.3. The second-order valence-corrected chi connectivity index (χ2v) is 6.37. The summed E-state index contributed by atoms with van der Waals surface area (Å²) >= 11 is 4.58. The Morgan fingerprint density at radius 3 is 1.83 bits per heavy atom. The lowest BCUT2D eigenvalue weighted by Crippen LogP contribution is -2.59. The monoisotopic (exact) mass is 296 g/mol. The van der Waals surface area contributed by atoms with Gasteiger partial charge in [-0.2, -0.15) is 0 Å². The molecule has 0 aromatic carbocycles. The summed E-state index contributed by atoms with van der Waals surface area (Å²) in [4.78, 5) is 0. The molecule has 0 aliphatic rings. The number of thiol groups is 1. The molecule has 0 rings (SSSR count). The minimum atomic E-state index is -1.04. The second-order valence-electron chi connectivity index (χ2n) is 4.16. The van der Waals surface area contributed by atoms with Gasteiger partial charge in [0.2, 0.25) is 5.12 Å². The van der Waals surface area contributed by atoms with Crippen molar-refractivity contribution < 1.29 is 18.9 Å². The maximum absolute atomic E-state index is 5.86. The van der Waals surface area contributed by atoms with Crippen LogP contribution >= 0.6 is 12.6 Å². The van der Waals surface area contributed by atoms with Gasteiger partial charge in [0, 0.05) is 26.4 Å². The van der Waals surface area contributed by atoms with Crippen molar-refractivity contribution in [1.82, 2.24) is 0 Å². The minimum absolute atomic E-state index is 0.449. The highest BCUT2D eigenvalue weighted by molar-refractivity contribution is 7.81. The molecule has 0 fully saturated rings. The Balaban J connectivity index is 4.85. The molecule has 0 saturated carbocycles. The molecule has 0 radical (unpaired) electrons. The van der Waals surface area contributed by atoms with Crippen LogP contribution in [0.15, 0.2) is 0 Å². The fraction of sp³-hybridized carbons (Fsp3) is 1.00. The molecule has 0 aliphatic carbocycles. The molecular formula is C12H28O4SSi. The molecule has 6 heteroatoms. The Morgan fingerprint density at radius 1 is 0.944 bits per heavy atom. The van der Waals surface area contributed by atoms with Crippen LogP contribution in [0, 0.1) is 0 Å². The SMILES string of the molecule is CCCOCC([SiH3])(OCC)C(S)(OCC)OCC. The first kappa shape index (κ1) is 18.4. The summed E-state index contributed by atoms with van der Waals surface area (Å²) < 4.78 is 22.9. The molecule has 0 aliphatic heterocycles. The fourth-order valence-corrected chi connectivity index (χ4v) is 2.86. The fourth-order valence-electron chi connectivity index (χ4n) is 1.69. The van der Waals surface area contributed by atoms with E-state index in [1.165, 1.54) is 0 Å². The highest BCUT2D eigenvalue weighted by atomic mass is 32.1. The molecule has 0 saturated heterocycles. The van der Waals surface area contributed by atoms with Gasteiger partial charge in [0.1, 0.15) is 5.22 Å². The largest absolute Gasteiger partial charge is 0.379 e. The highest BCUT2D eigenvalue weighted by Gasteiger charge is 2.49. The Labute approximate surface area is 120 Å². The molecule has 0 heterocycles. The quantitative estimate of drug-likeness (QED) is 0.269. The summed E-state index contributed by atoms with van der Waals surface area (Å²) in [6, 6.07) is 0. The number of rotatable bonds is 11. The zero-order valence-corrected chi connectivity index (χ0v) is 15.2. The van der Waals surface area contributed by atoms with Crippen LogP contribution in [0.25, 0.3) is 0 Å². The maximum atomic E-state index is 5.86. The predicted molar refractivity (Wildman–Crippen MR) is 80.4 cm³/mol. The van der Waals surface area contributed by atoms with Gasteiger partial charge in [0.15, 0.2) is 0 Å². The van der Waals surface area contributed by atoms with Crippen molar-refractivity contribution in [1.29, 1.82) is 0 Å². The first-order chi connectivity index (χ1) is 8.49. The van der Waals surface area contributed by atoms with Gasteiger partial charge in [0.05, 0.1) is 16.8 Å². The zero-order valence-electron chi connectivity index (χ0n) is 12.3. The molecule has 0 bridgehead atoms. The van der Waals surface area contributed by atoms with Crippen molar-refractivity contribution in [3.05, 3.63) is 0 Å². The molecular weight excluding hydrogens is 268 g/mol. The van der Waals surface area contributed by atoms with Gasteiger partial charge >= 0.3 is 0 Å². The van der Waals surface area contributed by atoms with Crippen molar-refractivity contribution in [2.75, 3.05) is 33.0 Å². The Hall–Kier alpha value is 0.407. The number of hydrogen-bond donors (Lipinski definition) is 1. The molecule has 0 spiro atoms. The van der Waals surface area contributed by atoms with Gasteiger partial charge in [-0.1, -0.05) is 6.92 Å². The van der Waals surface area contributed by atoms with E-state index in [-0.39, 0.29) is 0 Å². The van der Waals surface area contributed by atoms with Crippen LogP contribution in [-0.2, 0) is 18.9 Å². The van der Waals surface area contributed by atoms with E-state index in [4.69, 9.17) is 18.9 Å². The average molecular weight is 297 g/mol. The van der Waals surface area contributed by atoms with Crippen molar-refractivity contribution in [2.24, 2.45) is 0 Å². The van der Waals surface area contributed by atoms with Crippen LogP contribution in [0.5, 0.6) is 0 Å². The standard InChI is InChI=1S/C12H28O4SSi/c1-5-9-13-10-11(18,14-6-2)12(17,15-7-3)16-8-4/h17H,5-10H2,1-4,18H3. The topological polar surface area (TPSA) is 36.9 Å². The number of ether oxygens (including phenoxy) is 4. The second kappa shape index (κ2) is 9.33. The first-order valence-electron chi connectivity index (χ1n) is 6.71. The van der Waals surface area contributed by atoms with E-state index < -0.39 is 10.3 Å². The molecule has 4 nitrogen and oxygen atoms in total. The van der Waals surface area contributed by atoms with Gasteiger partial charge in [-0.15, -0.1) is 12.6 Å². The van der Waals surface area contributed by atoms with E-state index in [1.807, 2.05) is 20.8 Å². The third kappa shape index (κ3) is 5.18. The zero-order chi connectivity index (χ0) is 14.1. The average Bonchev–Trinajstić information content (AvgIpc) is 2.30. The summed E-state index contributed by atoms with van der Waals surface area (Å²) in [6.07, 6.45) is 0.979. The maximum Gasteiger partial charge on any atom is 0.243 e. The lowest BCUT2D eigenvalue weighted by molar-refractivity contribution is -0.255. The summed E-state index contributed by atoms with van der Waals surface area (Å²) in [5.74, 6) is 0. The third-order valence-corrected chi connectivity index (χ3v) is 4.92. The summed E-state index contributed by atoms with van der Waals surface area (Å²) in [7, 11) is 0.707. The Morgan fingerprint density at radius 2 is 1.44 bits per heavy atom. The van der Waals surface area contributed by atoms with Crippen LogP contribution < -0.4 is 0 Å². The normalized spacial score (nSPS) is 15.8. The smallest absolute Gasteiger partial charge is 0.243 e. The highest BCUT2D eigenvalue weighted by Crippen LogP contribution is 2.33. The van der Waals surface area contributed by atoms with Gasteiger partial charge in [-0.3, -0.25) is 0 Å². The van der Waals surface area contributed by atoms with Crippen molar-refractivity contribution in [3.8, 4) is 0 Å². The Kier molecular flexibility index (Phi) is 9.54. The van der Waals surface area contributed by atoms with Gasteiger partial charge < -0.3 is 18.9 Å². The third-order valence-electron chi connectivity index (χ3n) is 2.54. The van der Waals surface area contributed by atoms with E-state index in [2.05, 4.69) is 19.6 Å². The molecule has 0 amide bonds. The van der Waals surface area contributed by atoms with Crippen molar-refractivity contribution in [2.45, 2.75) is 44.5 Å². The predicted octanol–water partition coefficient (Wildman–Crippen LogP) is 1.17. The summed E-state index contributed by atoms with van der Waals surface area (Å²) in [6.45, 7) is 10.7. The van der Waals surface area contributed by atoms with Gasteiger partial charge in [0.25, 0.3) is 0 Å². The number of hydrogen-bond acceptors (Lipinski definition) is 5. The van der Waals surface area contributed by atoms with E-state index in [0.29, 0.717) is 43.3 Å². The Bertz CT molecular complexity index is 212. The molecule has 1 atom stereocenters. The lowest BCUT2D eigenvalue weighted by Gasteiger charge is -2.43. The van der Waals surface area contributed by atoms with Crippen LogP contribution in [0.1, 0.15) is 34.1 Å². The summed E-state index contributed by atoms with van der Waals surface area (Å²) in [5.41, 5.74) is 0. The van der Waals surface area contributed by atoms with Crippen molar-refractivity contribution in [3.63, 3.8) is 0 Å². The van der Waals surface area contributed by atoms with E-state index >= 15 is 0 Å². The molecule has 0 N–H and O–H groups in total. The van der Waals surface area contributed by atoms with Gasteiger partial charge in [-0.25, -0.2) is 0 Å². The van der Waals surface area contributed by atoms with E-state index in [0.717, 1.165) is 6.42 Å². The molecule has 18 heavy (non-hydrogen) atoms. The minimum Gasteiger partial charge on any atom is -0.379 e. The van der Waals surface area contributed by atoms with Crippen LogP contribution in [-0.4, -0.2) is 53.6 Å². The summed E-state index contributed by atoms with van der Waals surface area (Å²) in [5, 5.41) is -1.64. The molecule has 0 aromatic heterocycles. The van der Waals surface area contributed by atoms with Gasteiger partial charge in [-0.05, 0) is 27.2 Å². The molecule has 110 valence electrons. The van der Waals surface area contributed by atoms with Crippen LogP contribution in [0.2, 0.25) is 0 Å².